The minimum atomic E-state index is 0.701. The summed E-state index contributed by atoms with van der Waals surface area (Å²) in [6.45, 7) is 7.39. The van der Waals surface area contributed by atoms with Crippen molar-refractivity contribution in [3.63, 3.8) is 0 Å². The smallest absolute Gasteiger partial charge is 0.00110 e. The van der Waals surface area contributed by atoms with E-state index in [1.165, 1.54) is 45.2 Å². The van der Waals surface area contributed by atoms with Crippen molar-refractivity contribution in [2.24, 2.45) is 17.3 Å². The second kappa shape index (κ2) is 3.61. The van der Waals surface area contributed by atoms with Crippen LogP contribution in [0.3, 0.4) is 0 Å². The van der Waals surface area contributed by atoms with Gasteiger partial charge < -0.3 is 5.32 Å². The maximum absolute atomic E-state index is 3.57. The summed E-state index contributed by atoms with van der Waals surface area (Å²) >= 11 is 0. The van der Waals surface area contributed by atoms with E-state index >= 15 is 0 Å². The van der Waals surface area contributed by atoms with Crippen LogP contribution >= 0.6 is 0 Å². The zero-order valence-electron chi connectivity index (χ0n) is 9.10. The fraction of sp³-hybridized carbons (Fsp3) is 1.00. The van der Waals surface area contributed by atoms with E-state index in [0.29, 0.717) is 5.41 Å². The fourth-order valence-electron chi connectivity index (χ4n) is 3.67. The zero-order valence-corrected chi connectivity index (χ0v) is 9.10. The molecule has 2 atom stereocenters. The Kier molecular flexibility index (Phi) is 2.64. The monoisotopic (exact) mass is 181 g/mol. The van der Waals surface area contributed by atoms with Crippen LogP contribution in [-0.4, -0.2) is 13.1 Å². The summed E-state index contributed by atoms with van der Waals surface area (Å²) in [5, 5.41) is 3.57. The molecule has 0 aromatic carbocycles. The Bertz CT molecular complexity index is 168. The lowest BCUT2D eigenvalue weighted by Gasteiger charge is -2.43. The lowest BCUT2D eigenvalue weighted by atomic mass is 9.62. The van der Waals surface area contributed by atoms with Crippen molar-refractivity contribution in [1.82, 2.24) is 5.32 Å². The van der Waals surface area contributed by atoms with Gasteiger partial charge in [-0.15, -0.1) is 0 Å². The first-order valence-electron chi connectivity index (χ1n) is 5.95. The van der Waals surface area contributed by atoms with Crippen molar-refractivity contribution < 1.29 is 0 Å². The second-order valence-corrected chi connectivity index (χ2v) is 5.39. The average Bonchev–Trinajstić information content (AvgIpc) is 2.54. The Morgan fingerprint density at radius 3 is 2.69 bits per heavy atom. The third kappa shape index (κ3) is 1.63. The first-order chi connectivity index (χ1) is 6.25. The van der Waals surface area contributed by atoms with Gasteiger partial charge in [0, 0.05) is 6.54 Å². The third-order valence-electron chi connectivity index (χ3n) is 4.31. The summed E-state index contributed by atoms with van der Waals surface area (Å²) in [5.41, 5.74) is 0.701. The summed E-state index contributed by atoms with van der Waals surface area (Å²) < 4.78 is 0. The van der Waals surface area contributed by atoms with Gasteiger partial charge in [-0.1, -0.05) is 26.7 Å². The van der Waals surface area contributed by atoms with Crippen molar-refractivity contribution in [3.8, 4) is 0 Å². The van der Waals surface area contributed by atoms with Gasteiger partial charge in [-0.05, 0) is 43.1 Å². The van der Waals surface area contributed by atoms with Gasteiger partial charge in [-0.3, -0.25) is 0 Å². The van der Waals surface area contributed by atoms with Crippen LogP contribution in [0.25, 0.3) is 0 Å². The third-order valence-corrected chi connectivity index (χ3v) is 4.31. The molecular formula is C12H23N. The predicted molar refractivity (Wildman–Crippen MR) is 56.7 cm³/mol. The maximum atomic E-state index is 3.57. The molecule has 2 unspecified atom stereocenters. The summed E-state index contributed by atoms with van der Waals surface area (Å²) in [7, 11) is 0. The standard InChI is InChI=1S/C12H23N/c1-10(2)11-5-3-4-6-12(11)7-8-13-9-12/h10-11,13H,3-9H2,1-2H3. The van der Waals surface area contributed by atoms with E-state index in [4.69, 9.17) is 0 Å². The molecule has 1 nitrogen and oxygen atoms in total. The van der Waals surface area contributed by atoms with Crippen molar-refractivity contribution in [1.29, 1.82) is 0 Å². The topological polar surface area (TPSA) is 12.0 Å². The van der Waals surface area contributed by atoms with Crippen LogP contribution in [0.1, 0.15) is 46.0 Å². The first-order valence-corrected chi connectivity index (χ1v) is 5.95. The second-order valence-electron chi connectivity index (χ2n) is 5.39. The molecule has 1 spiro atoms. The fourth-order valence-corrected chi connectivity index (χ4v) is 3.67. The summed E-state index contributed by atoms with van der Waals surface area (Å²) in [5.74, 6) is 1.89. The molecule has 1 heterocycles. The molecule has 1 aliphatic carbocycles. The molecule has 13 heavy (non-hydrogen) atoms. The van der Waals surface area contributed by atoms with Crippen molar-refractivity contribution >= 4 is 0 Å². The van der Waals surface area contributed by atoms with Gasteiger partial charge in [-0.2, -0.15) is 0 Å². The number of rotatable bonds is 1. The van der Waals surface area contributed by atoms with Gasteiger partial charge in [0.1, 0.15) is 0 Å². The Morgan fingerprint density at radius 1 is 1.23 bits per heavy atom. The Hall–Kier alpha value is -0.0400. The molecule has 1 aliphatic heterocycles. The lowest BCUT2D eigenvalue weighted by Crippen LogP contribution is -2.38. The number of hydrogen-bond acceptors (Lipinski definition) is 1. The van der Waals surface area contributed by atoms with E-state index < -0.39 is 0 Å². The van der Waals surface area contributed by atoms with Gasteiger partial charge in [0.15, 0.2) is 0 Å². The van der Waals surface area contributed by atoms with E-state index in [1.807, 2.05) is 0 Å². The molecule has 0 bridgehead atoms. The lowest BCUT2D eigenvalue weighted by molar-refractivity contribution is 0.0776. The van der Waals surface area contributed by atoms with E-state index in [1.54, 1.807) is 0 Å². The Balaban J connectivity index is 2.12. The van der Waals surface area contributed by atoms with Crippen LogP contribution in [0.4, 0.5) is 0 Å². The molecule has 1 N–H and O–H groups in total. The normalized spacial score (nSPS) is 40.4. The molecule has 1 heteroatoms. The van der Waals surface area contributed by atoms with Gasteiger partial charge in [-0.25, -0.2) is 0 Å². The van der Waals surface area contributed by atoms with Gasteiger partial charge in [0.05, 0.1) is 0 Å². The summed E-state index contributed by atoms with van der Waals surface area (Å²) in [6.07, 6.45) is 7.37. The van der Waals surface area contributed by atoms with Crippen LogP contribution < -0.4 is 5.32 Å². The molecule has 2 rings (SSSR count). The van der Waals surface area contributed by atoms with Crippen LogP contribution in [0, 0.1) is 17.3 Å². The van der Waals surface area contributed by atoms with E-state index in [-0.39, 0.29) is 0 Å². The number of nitrogens with one attached hydrogen (secondary N) is 1. The number of hydrogen-bond donors (Lipinski definition) is 1. The first kappa shape index (κ1) is 9.51. The highest BCUT2D eigenvalue weighted by Gasteiger charge is 2.43. The van der Waals surface area contributed by atoms with Gasteiger partial charge >= 0.3 is 0 Å². The zero-order chi connectivity index (χ0) is 9.31. The molecule has 0 aromatic rings. The summed E-state index contributed by atoms with van der Waals surface area (Å²) in [6, 6.07) is 0. The maximum Gasteiger partial charge on any atom is 0.00110 e. The van der Waals surface area contributed by atoms with E-state index in [2.05, 4.69) is 19.2 Å². The predicted octanol–water partition coefficient (Wildman–Crippen LogP) is 2.81. The Labute approximate surface area is 82.3 Å². The molecule has 2 aliphatic rings. The Morgan fingerprint density at radius 2 is 2.08 bits per heavy atom. The van der Waals surface area contributed by atoms with Crippen LogP contribution in [0.15, 0.2) is 0 Å². The molecule has 0 amide bonds. The van der Waals surface area contributed by atoms with Crippen LogP contribution in [0.5, 0.6) is 0 Å². The van der Waals surface area contributed by atoms with Crippen molar-refractivity contribution in [3.05, 3.63) is 0 Å². The van der Waals surface area contributed by atoms with Crippen molar-refractivity contribution in [2.45, 2.75) is 46.0 Å². The van der Waals surface area contributed by atoms with Gasteiger partial charge in [0.2, 0.25) is 0 Å². The molecule has 0 aromatic heterocycles. The average molecular weight is 181 g/mol. The largest absolute Gasteiger partial charge is 0.316 e. The van der Waals surface area contributed by atoms with Crippen LogP contribution in [-0.2, 0) is 0 Å². The minimum Gasteiger partial charge on any atom is -0.316 e. The molecule has 2 fully saturated rings. The quantitative estimate of drug-likeness (QED) is 0.656. The highest BCUT2D eigenvalue weighted by Crippen LogP contribution is 2.48. The highest BCUT2D eigenvalue weighted by atomic mass is 14.9. The van der Waals surface area contributed by atoms with Crippen LogP contribution in [0.2, 0.25) is 0 Å². The molecule has 1 saturated carbocycles. The minimum absolute atomic E-state index is 0.701. The van der Waals surface area contributed by atoms with E-state index in [0.717, 1.165) is 11.8 Å². The highest BCUT2D eigenvalue weighted by molar-refractivity contribution is 4.96. The molecule has 1 saturated heterocycles. The van der Waals surface area contributed by atoms with Crippen molar-refractivity contribution in [2.75, 3.05) is 13.1 Å². The molecule has 76 valence electrons. The van der Waals surface area contributed by atoms with E-state index in [9.17, 15) is 0 Å². The SMILES string of the molecule is CC(C)C1CCCCC12CCNC2. The molecular weight excluding hydrogens is 158 g/mol. The molecule has 0 radical (unpaired) electrons. The van der Waals surface area contributed by atoms with Gasteiger partial charge in [0.25, 0.3) is 0 Å². The summed E-state index contributed by atoms with van der Waals surface area (Å²) in [4.78, 5) is 0.